The van der Waals surface area contributed by atoms with Crippen molar-refractivity contribution < 1.29 is 9.53 Å². The fourth-order valence-corrected chi connectivity index (χ4v) is 1.39. The first-order valence-electron chi connectivity index (χ1n) is 6.07. The third kappa shape index (κ3) is 4.10. The molecule has 3 heteroatoms. The van der Waals surface area contributed by atoms with Gasteiger partial charge in [-0.25, -0.2) is 0 Å². The molecule has 1 aromatic rings. The van der Waals surface area contributed by atoms with Gasteiger partial charge in [0.25, 0.3) is 5.91 Å². The van der Waals surface area contributed by atoms with E-state index in [4.69, 9.17) is 4.74 Å². The highest BCUT2D eigenvalue weighted by atomic mass is 16.5. The minimum absolute atomic E-state index is 0.0670. The lowest BCUT2D eigenvalue weighted by Crippen LogP contribution is -2.41. The summed E-state index contributed by atoms with van der Waals surface area (Å²) in [6.45, 7) is 7.76. The van der Waals surface area contributed by atoms with Crippen molar-refractivity contribution in [3.63, 3.8) is 0 Å². The molecule has 94 valence electrons. The van der Waals surface area contributed by atoms with E-state index in [9.17, 15) is 4.79 Å². The van der Waals surface area contributed by atoms with E-state index in [0.29, 0.717) is 0 Å². The molecule has 3 nitrogen and oxygen atoms in total. The monoisotopic (exact) mass is 235 g/mol. The Morgan fingerprint density at radius 2 is 2.00 bits per heavy atom. The zero-order valence-electron chi connectivity index (χ0n) is 11.0. The van der Waals surface area contributed by atoms with E-state index in [-0.39, 0.29) is 11.9 Å². The molecule has 0 unspecified atom stereocenters. The highest BCUT2D eigenvalue weighted by Gasteiger charge is 2.16. The highest BCUT2D eigenvalue weighted by Crippen LogP contribution is 2.17. The molecule has 1 amide bonds. The fraction of sp³-hybridized carbons (Fsp3) is 0.500. The van der Waals surface area contributed by atoms with Gasteiger partial charge in [-0.15, -0.1) is 0 Å². The minimum Gasteiger partial charge on any atom is -0.481 e. The summed E-state index contributed by atoms with van der Waals surface area (Å²) in [5, 5.41) is 2.91. The summed E-state index contributed by atoms with van der Waals surface area (Å²) in [4.78, 5) is 11.8. The molecule has 1 N–H and O–H groups in total. The molecule has 0 fully saturated rings. The van der Waals surface area contributed by atoms with Gasteiger partial charge in [0.1, 0.15) is 5.75 Å². The lowest BCUT2D eigenvalue weighted by molar-refractivity contribution is -0.127. The van der Waals surface area contributed by atoms with Gasteiger partial charge in [0, 0.05) is 6.04 Å². The van der Waals surface area contributed by atoms with Crippen molar-refractivity contribution in [3.8, 4) is 5.75 Å². The number of ether oxygens (including phenoxy) is 1. The van der Waals surface area contributed by atoms with Crippen molar-refractivity contribution in [1.82, 2.24) is 5.32 Å². The second-order valence-corrected chi connectivity index (χ2v) is 4.34. The third-order valence-electron chi connectivity index (χ3n) is 2.77. The van der Waals surface area contributed by atoms with Gasteiger partial charge in [-0.05, 0) is 38.8 Å². The Bertz CT molecular complexity index is 376. The molecule has 0 aromatic heterocycles. The molecule has 0 bridgehead atoms. The van der Waals surface area contributed by atoms with Gasteiger partial charge in [-0.2, -0.15) is 0 Å². The number of para-hydroxylation sites is 1. The summed E-state index contributed by atoms with van der Waals surface area (Å²) in [5.41, 5.74) is 1.04. The molecule has 0 heterocycles. The van der Waals surface area contributed by atoms with Crippen LogP contribution >= 0.6 is 0 Å². The summed E-state index contributed by atoms with van der Waals surface area (Å²) < 4.78 is 5.64. The molecule has 0 saturated carbocycles. The molecule has 0 saturated heterocycles. The van der Waals surface area contributed by atoms with Crippen molar-refractivity contribution in [3.05, 3.63) is 29.8 Å². The van der Waals surface area contributed by atoms with E-state index < -0.39 is 6.10 Å². The van der Waals surface area contributed by atoms with Crippen molar-refractivity contribution in [2.24, 2.45) is 0 Å². The summed E-state index contributed by atoms with van der Waals surface area (Å²) in [6.07, 6.45) is 0.452. The summed E-state index contributed by atoms with van der Waals surface area (Å²) in [7, 11) is 0. The molecule has 2 atom stereocenters. The quantitative estimate of drug-likeness (QED) is 0.852. The van der Waals surface area contributed by atoms with Gasteiger partial charge in [0.05, 0.1) is 0 Å². The Morgan fingerprint density at radius 3 is 2.59 bits per heavy atom. The first kappa shape index (κ1) is 13.6. The van der Waals surface area contributed by atoms with Crippen molar-refractivity contribution >= 4 is 5.91 Å². The number of carbonyl (C=O) groups is 1. The van der Waals surface area contributed by atoms with Crippen molar-refractivity contribution in [1.29, 1.82) is 0 Å². The van der Waals surface area contributed by atoms with Crippen LogP contribution in [0.25, 0.3) is 0 Å². The van der Waals surface area contributed by atoms with Gasteiger partial charge in [-0.3, -0.25) is 4.79 Å². The first-order chi connectivity index (χ1) is 8.04. The number of rotatable bonds is 5. The molecule has 0 aliphatic heterocycles. The maximum absolute atomic E-state index is 11.8. The van der Waals surface area contributed by atoms with E-state index in [2.05, 4.69) is 5.32 Å². The fourth-order valence-electron chi connectivity index (χ4n) is 1.39. The van der Waals surface area contributed by atoms with Crippen LogP contribution in [0.2, 0.25) is 0 Å². The minimum atomic E-state index is -0.468. The second kappa shape index (κ2) is 6.28. The maximum Gasteiger partial charge on any atom is 0.260 e. The lowest BCUT2D eigenvalue weighted by Gasteiger charge is -2.18. The zero-order valence-corrected chi connectivity index (χ0v) is 11.0. The number of benzene rings is 1. The van der Waals surface area contributed by atoms with Crippen LogP contribution in [0.5, 0.6) is 5.75 Å². The number of carbonyl (C=O) groups excluding carboxylic acids is 1. The number of hydrogen-bond donors (Lipinski definition) is 1. The van der Waals surface area contributed by atoms with Gasteiger partial charge in [0.15, 0.2) is 6.10 Å². The smallest absolute Gasteiger partial charge is 0.260 e. The van der Waals surface area contributed by atoms with Crippen LogP contribution in [-0.4, -0.2) is 18.1 Å². The Labute approximate surface area is 103 Å². The average molecular weight is 235 g/mol. The van der Waals surface area contributed by atoms with E-state index in [1.54, 1.807) is 6.92 Å². The molecule has 0 aliphatic carbocycles. The maximum atomic E-state index is 11.8. The molecule has 17 heavy (non-hydrogen) atoms. The normalized spacial score (nSPS) is 13.9. The summed E-state index contributed by atoms with van der Waals surface area (Å²) in [6, 6.07) is 7.88. The predicted molar refractivity (Wildman–Crippen MR) is 69.2 cm³/mol. The van der Waals surface area contributed by atoms with Crippen molar-refractivity contribution in [2.45, 2.75) is 46.3 Å². The first-order valence-corrected chi connectivity index (χ1v) is 6.07. The number of aryl methyl sites for hydroxylation is 1. The Morgan fingerprint density at radius 1 is 1.35 bits per heavy atom. The zero-order chi connectivity index (χ0) is 12.8. The van der Waals surface area contributed by atoms with E-state index in [1.807, 2.05) is 45.0 Å². The van der Waals surface area contributed by atoms with Crippen LogP contribution < -0.4 is 10.1 Å². The van der Waals surface area contributed by atoms with Crippen LogP contribution in [0.4, 0.5) is 0 Å². The van der Waals surface area contributed by atoms with Crippen LogP contribution in [0.3, 0.4) is 0 Å². The molecule has 0 spiro atoms. The predicted octanol–water partition coefficient (Wildman–Crippen LogP) is 2.68. The van der Waals surface area contributed by atoms with Crippen LogP contribution in [0.1, 0.15) is 32.8 Å². The Kier molecular flexibility index (Phi) is 5.01. The van der Waals surface area contributed by atoms with E-state index in [0.717, 1.165) is 17.7 Å². The standard InChI is InChI=1S/C14H21NO2/c1-5-11(3)15-14(16)12(4)17-13-9-7-6-8-10(13)2/h6-9,11-12H,5H2,1-4H3,(H,15,16)/t11-,12-/m1/s1. The second-order valence-electron chi connectivity index (χ2n) is 4.34. The van der Waals surface area contributed by atoms with Gasteiger partial charge in [0.2, 0.25) is 0 Å². The summed E-state index contributed by atoms with van der Waals surface area (Å²) in [5.74, 6) is 0.696. The highest BCUT2D eigenvalue weighted by molar-refractivity contribution is 5.81. The molecule has 0 aliphatic rings. The van der Waals surface area contributed by atoms with E-state index in [1.165, 1.54) is 0 Å². The van der Waals surface area contributed by atoms with Crippen LogP contribution in [0, 0.1) is 6.92 Å². The Hall–Kier alpha value is -1.51. The molecule has 1 aromatic carbocycles. The van der Waals surface area contributed by atoms with Gasteiger partial charge < -0.3 is 10.1 Å². The number of nitrogens with one attached hydrogen (secondary N) is 1. The molecule has 1 rings (SSSR count). The summed E-state index contributed by atoms with van der Waals surface area (Å²) >= 11 is 0. The lowest BCUT2D eigenvalue weighted by atomic mass is 10.2. The largest absolute Gasteiger partial charge is 0.481 e. The molecular formula is C14H21NO2. The Balaban J connectivity index is 2.57. The molecule has 0 radical (unpaired) electrons. The molecular weight excluding hydrogens is 214 g/mol. The van der Waals surface area contributed by atoms with Gasteiger partial charge >= 0.3 is 0 Å². The van der Waals surface area contributed by atoms with Crippen molar-refractivity contribution in [2.75, 3.05) is 0 Å². The average Bonchev–Trinajstić information content (AvgIpc) is 2.31. The number of amides is 1. The van der Waals surface area contributed by atoms with Crippen LogP contribution in [0.15, 0.2) is 24.3 Å². The van der Waals surface area contributed by atoms with Crippen LogP contribution in [-0.2, 0) is 4.79 Å². The SMILES string of the molecule is CC[C@@H](C)NC(=O)[C@@H](C)Oc1ccccc1C. The van der Waals surface area contributed by atoms with E-state index >= 15 is 0 Å². The number of hydrogen-bond acceptors (Lipinski definition) is 2. The third-order valence-corrected chi connectivity index (χ3v) is 2.77. The van der Waals surface area contributed by atoms with Gasteiger partial charge in [-0.1, -0.05) is 25.1 Å². The topological polar surface area (TPSA) is 38.3 Å².